The summed E-state index contributed by atoms with van der Waals surface area (Å²) >= 11 is 0. The Morgan fingerprint density at radius 3 is 2.45 bits per heavy atom. The van der Waals surface area contributed by atoms with Crippen LogP contribution in [0.5, 0.6) is 0 Å². The Bertz CT molecular complexity index is 454. The van der Waals surface area contributed by atoms with E-state index < -0.39 is 17.7 Å². The fourth-order valence-electron chi connectivity index (χ4n) is 3.35. The Balaban J connectivity index is 2.23. The van der Waals surface area contributed by atoms with Gasteiger partial charge in [-0.15, -0.1) is 0 Å². The van der Waals surface area contributed by atoms with Crippen molar-refractivity contribution in [3.05, 3.63) is 34.9 Å². The summed E-state index contributed by atoms with van der Waals surface area (Å²) < 4.78 is 28.3. The van der Waals surface area contributed by atoms with Crippen LogP contribution in [-0.2, 0) is 0 Å². The predicted molar refractivity (Wildman–Crippen MR) is 76.9 cm³/mol. The lowest BCUT2D eigenvalue weighted by atomic mass is 9.76. The standard InChI is InChI=1S/C16H24F2N2/c1-3-11-5-7-12(8-6-11)16(20-19)14-13(17)9-4-10(2)15(14)18/h4,9,11-12,16,20H,3,5-8,19H2,1-2H3. The Morgan fingerprint density at radius 1 is 1.25 bits per heavy atom. The van der Waals surface area contributed by atoms with Gasteiger partial charge in [0.2, 0.25) is 0 Å². The van der Waals surface area contributed by atoms with Gasteiger partial charge in [-0.2, -0.15) is 0 Å². The Labute approximate surface area is 119 Å². The molecule has 0 aliphatic heterocycles. The summed E-state index contributed by atoms with van der Waals surface area (Å²) in [5.41, 5.74) is 3.22. The highest BCUT2D eigenvalue weighted by Gasteiger charge is 2.31. The van der Waals surface area contributed by atoms with E-state index in [1.54, 1.807) is 6.92 Å². The summed E-state index contributed by atoms with van der Waals surface area (Å²) in [6.07, 6.45) is 5.36. The average Bonchev–Trinajstić information content (AvgIpc) is 2.48. The minimum atomic E-state index is -0.506. The number of nitrogens with one attached hydrogen (secondary N) is 1. The Hall–Kier alpha value is -1.00. The average molecular weight is 282 g/mol. The smallest absolute Gasteiger partial charge is 0.133 e. The van der Waals surface area contributed by atoms with Gasteiger partial charge in [-0.25, -0.2) is 8.78 Å². The molecule has 1 aliphatic carbocycles. The highest BCUT2D eigenvalue weighted by atomic mass is 19.1. The zero-order chi connectivity index (χ0) is 14.7. The van der Waals surface area contributed by atoms with Crippen LogP contribution in [0.15, 0.2) is 12.1 Å². The monoisotopic (exact) mass is 282 g/mol. The number of hydrogen-bond donors (Lipinski definition) is 2. The summed E-state index contributed by atoms with van der Waals surface area (Å²) in [6, 6.07) is 2.36. The first-order chi connectivity index (χ1) is 9.58. The van der Waals surface area contributed by atoms with Crippen LogP contribution < -0.4 is 11.3 Å². The van der Waals surface area contributed by atoms with Gasteiger partial charge in [0.05, 0.1) is 6.04 Å². The molecule has 0 heterocycles. The summed E-state index contributed by atoms with van der Waals surface area (Å²) in [5, 5.41) is 0. The van der Waals surface area contributed by atoms with E-state index in [4.69, 9.17) is 5.84 Å². The van der Waals surface area contributed by atoms with Crippen molar-refractivity contribution in [2.45, 2.75) is 52.0 Å². The molecular weight excluding hydrogens is 258 g/mol. The molecule has 4 heteroatoms. The minimum absolute atomic E-state index is 0.104. The van der Waals surface area contributed by atoms with Gasteiger partial charge in [0.1, 0.15) is 11.6 Å². The van der Waals surface area contributed by atoms with Crippen molar-refractivity contribution in [2.75, 3.05) is 0 Å². The van der Waals surface area contributed by atoms with Crippen molar-refractivity contribution in [3.8, 4) is 0 Å². The molecule has 1 saturated carbocycles. The number of hydrazine groups is 1. The topological polar surface area (TPSA) is 38.0 Å². The van der Waals surface area contributed by atoms with Crippen LogP contribution in [0.4, 0.5) is 8.78 Å². The molecule has 2 nitrogen and oxygen atoms in total. The van der Waals surface area contributed by atoms with Crippen LogP contribution in [0.2, 0.25) is 0 Å². The van der Waals surface area contributed by atoms with Crippen molar-refractivity contribution in [2.24, 2.45) is 17.7 Å². The third-order valence-electron chi connectivity index (χ3n) is 4.75. The maximum Gasteiger partial charge on any atom is 0.133 e. The summed E-state index contributed by atoms with van der Waals surface area (Å²) in [4.78, 5) is 0. The first-order valence-corrected chi connectivity index (χ1v) is 7.49. The zero-order valence-electron chi connectivity index (χ0n) is 12.3. The highest BCUT2D eigenvalue weighted by molar-refractivity contribution is 5.29. The molecule has 1 atom stereocenters. The fraction of sp³-hybridized carbons (Fsp3) is 0.625. The number of hydrogen-bond acceptors (Lipinski definition) is 2. The van der Waals surface area contributed by atoms with Gasteiger partial charge in [0.15, 0.2) is 0 Å². The predicted octanol–water partition coefficient (Wildman–Crippen LogP) is 3.99. The molecule has 0 saturated heterocycles. The van der Waals surface area contributed by atoms with Crippen molar-refractivity contribution >= 4 is 0 Å². The van der Waals surface area contributed by atoms with Crippen molar-refractivity contribution in [1.82, 2.24) is 5.43 Å². The quantitative estimate of drug-likeness (QED) is 0.647. The van der Waals surface area contributed by atoms with E-state index in [0.717, 1.165) is 31.6 Å². The molecule has 1 aliphatic rings. The fourth-order valence-corrected chi connectivity index (χ4v) is 3.35. The second kappa shape index (κ2) is 6.64. The molecule has 2 rings (SSSR count). The van der Waals surface area contributed by atoms with E-state index in [1.165, 1.54) is 18.6 Å². The van der Waals surface area contributed by atoms with Crippen LogP contribution in [0.1, 0.15) is 56.2 Å². The number of halogens is 2. The third kappa shape index (κ3) is 3.01. The van der Waals surface area contributed by atoms with E-state index in [1.807, 2.05) is 0 Å². The lowest BCUT2D eigenvalue weighted by Gasteiger charge is -2.34. The molecule has 1 aromatic rings. The first-order valence-electron chi connectivity index (χ1n) is 7.49. The van der Waals surface area contributed by atoms with Crippen LogP contribution >= 0.6 is 0 Å². The molecule has 112 valence electrons. The Morgan fingerprint density at radius 2 is 1.90 bits per heavy atom. The second-order valence-electron chi connectivity index (χ2n) is 5.93. The van der Waals surface area contributed by atoms with Crippen LogP contribution in [0.3, 0.4) is 0 Å². The SMILES string of the molecule is CCC1CCC(C(NN)c2c(F)ccc(C)c2F)CC1. The van der Waals surface area contributed by atoms with Gasteiger partial charge in [-0.05, 0) is 43.2 Å². The molecule has 0 aromatic heterocycles. The minimum Gasteiger partial charge on any atom is -0.271 e. The normalized spacial score (nSPS) is 24.6. The molecule has 0 radical (unpaired) electrons. The Kier molecular flexibility index (Phi) is 5.11. The molecule has 0 amide bonds. The largest absolute Gasteiger partial charge is 0.271 e. The summed E-state index contributed by atoms with van der Waals surface area (Å²) in [6.45, 7) is 3.85. The molecule has 3 N–H and O–H groups in total. The number of aryl methyl sites for hydroxylation is 1. The number of benzene rings is 1. The van der Waals surface area contributed by atoms with E-state index in [9.17, 15) is 8.78 Å². The first kappa shape index (κ1) is 15.4. The molecule has 1 aromatic carbocycles. The van der Waals surface area contributed by atoms with Gasteiger partial charge in [0, 0.05) is 5.56 Å². The molecule has 1 fully saturated rings. The van der Waals surface area contributed by atoms with E-state index >= 15 is 0 Å². The molecular formula is C16H24F2N2. The molecule has 0 bridgehead atoms. The van der Waals surface area contributed by atoms with Gasteiger partial charge in [-0.1, -0.05) is 32.3 Å². The highest BCUT2D eigenvalue weighted by Crippen LogP contribution is 2.39. The van der Waals surface area contributed by atoms with Gasteiger partial charge < -0.3 is 0 Å². The van der Waals surface area contributed by atoms with Crippen LogP contribution in [0.25, 0.3) is 0 Å². The lowest BCUT2D eigenvalue weighted by Crippen LogP contribution is -2.36. The zero-order valence-corrected chi connectivity index (χ0v) is 12.3. The summed E-state index contributed by atoms with van der Waals surface area (Å²) in [7, 11) is 0. The van der Waals surface area contributed by atoms with Crippen molar-refractivity contribution in [3.63, 3.8) is 0 Å². The maximum absolute atomic E-state index is 14.3. The second-order valence-corrected chi connectivity index (χ2v) is 5.93. The van der Waals surface area contributed by atoms with E-state index in [2.05, 4.69) is 12.3 Å². The molecule has 0 spiro atoms. The van der Waals surface area contributed by atoms with Crippen molar-refractivity contribution < 1.29 is 8.78 Å². The number of nitrogens with two attached hydrogens (primary N) is 1. The van der Waals surface area contributed by atoms with Gasteiger partial charge in [-0.3, -0.25) is 11.3 Å². The summed E-state index contributed by atoms with van der Waals surface area (Å²) in [5.74, 6) is 5.58. The van der Waals surface area contributed by atoms with E-state index in [0.29, 0.717) is 5.56 Å². The molecule has 20 heavy (non-hydrogen) atoms. The number of rotatable bonds is 4. The third-order valence-corrected chi connectivity index (χ3v) is 4.75. The van der Waals surface area contributed by atoms with Crippen LogP contribution in [-0.4, -0.2) is 0 Å². The van der Waals surface area contributed by atoms with Crippen LogP contribution in [0, 0.1) is 30.4 Å². The van der Waals surface area contributed by atoms with E-state index in [-0.39, 0.29) is 11.5 Å². The molecule has 1 unspecified atom stereocenters. The maximum atomic E-state index is 14.3. The van der Waals surface area contributed by atoms with Crippen molar-refractivity contribution in [1.29, 1.82) is 0 Å². The van der Waals surface area contributed by atoms with Gasteiger partial charge in [0.25, 0.3) is 0 Å². The lowest BCUT2D eigenvalue weighted by molar-refractivity contribution is 0.213. The van der Waals surface area contributed by atoms with Gasteiger partial charge >= 0.3 is 0 Å².